The molecule has 1 aliphatic rings. The molecule has 0 bridgehead atoms. The summed E-state index contributed by atoms with van der Waals surface area (Å²) in [6.07, 6.45) is 0.713. The minimum Gasteiger partial charge on any atom is -0.497 e. The van der Waals surface area contributed by atoms with Gasteiger partial charge >= 0.3 is 6.03 Å². The second-order valence-electron chi connectivity index (χ2n) is 5.79. The van der Waals surface area contributed by atoms with Gasteiger partial charge in [0.15, 0.2) is 0 Å². The summed E-state index contributed by atoms with van der Waals surface area (Å²) >= 11 is 0. The molecule has 1 aliphatic heterocycles. The summed E-state index contributed by atoms with van der Waals surface area (Å²) in [6.45, 7) is 2.05. The number of methoxy groups -OCH3 is 1. The fourth-order valence-electron chi connectivity index (χ4n) is 3.16. The van der Waals surface area contributed by atoms with E-state index in [-0.39, 0.29) is 12.1 Å². The number of ether oxygens (including phenoxy) is 1. The zero-order valence-corrected chi connectivity index (χ0v) is 13.0. The van der Waals surface area contributed by atoms with Crippen molar-refractivity contribution in [1.82, 2.24) is 14.9 Å². The third-order valence-electron chi connectivity index (χ3n) is 4.37. The van der Waals surface area contributed by atoms with Gasteiger partial charge in [0, 0.05) is 6.42 Å². The first-order chi connectivity index (χ1) is 11.2. The number of rotatable bonds is 3. The van der Waals surface area contributed by atoms with Crippen molar-refractivity contribution in [3.05, 3.63) is 59.4 Å². The molecular formula is C18H17N3O2. The van der Waals surface area contributed by atoms with Crippen LogP contribution in [0.3, 0.4) is 0 Å². The number of hydrogen-bond acceptors (Lipinski definition) is 3. The van der Waals surface area contributed by atoms with Crippen LogP contribution in [-0.4, -0.2) is 22.7 Å². The number of aromatic nitrogens is 2. The molecule has 5 nitrogen and oxygen atoms in total. The van der Waals surface area contributed by atoms with Crippen molar-refractivity contribution in [3.8, 4) is 5.75 Å². The Morgan fingerprint density at radius 2 is 2.09 bits per heavy atom. The van der Waals surface area contributed by atoms with Crippen LogP contribution in [0.25, 0.3) is 11.0 Å². The standard InChI is InChI=1S/C18H17N3O2/c1-11-9-13(23-2)8-7-12(11)10-15-17-19-14-5-3-4-6-16(14)21(17)18(22)20-15/h3-9,15H,10H2,1-2H3,(H,20,22). The molecule has 116 valence electrons. The van der Waals surface area contributed by atoms with Crippen LogP contribution >= 0.6 is 0 Å². The molecule has 1 amide bonds. The first kappa shape index (κ1) is 13.8. The predicted octanol–water partition coefficient (Wildman–Crippen LogP) is 3.21. The van der Waals surface area contributed by atoms with Crippen molar-refractivity contribution < 1.29 is 9.53 Å². The minimum absolute atomic E-state index is 0.107. The molecule has 0 spiro atoms. The number of benzene rings is 2. The van der Waals surface area contributed by atoms with Gasteiger partial charge in [-0.1, -0.05) is 18.2 Å². The van der Waals surface area contributed by atoms with Crippen molar-refractivity contribution in [2.45, 2.75) is 19.4 Å². The average Bonchev–Trinajstić information content (AvgIpc) is 3.08. The summed E-state index contributed by atoms with van der Waals surface area (Å²) in [5.74, 6) is 1.63. The second-order valence-corrected chi connectivity index (χ2v) is 5.79. The predicted molar refractivity (Wildman–Crippen MR) is 87.8 cm³/mol. The first-order valence-electron chi connectivity index (χ1n) is 7.59. The van der Waals surface area contributed by atoms with Gasteiger partial charge in [-0.25, -0.2) is 14.3 Å². The van der Waals surface area contributed by atoms with E-state index in [1.807, 2.05) is 42.5 Å². The highest BCUT2D eigenvalue weighted by Crippen LogP contribution is 2.29. The lowest BCUT2D eigenvalue weighted by Crippen LogP contribution is -2.23. The monoisotopic (exact) mass is 307 g/mol. The van der Waals surface area contributed by atoms with Crippen molar-refractivity contribution >= 4 is 17.1 Å². The van der Waals surface area contributed by atoms with Crippen LogP contribution in [0, 0.1) is 6.92 Å². The number of carbonyl (C=O) groups is 1. The normalized spacial score (nSPS) is 16.4. The van der Waals surface area contributed by atoms with Gasteiger partial charge in [0.05, 0.1) is 24.2 Å². The number of fused-ring (bicyclic) bond motifs is 3. The van der Waals surface area contributed by atoms with Crippen molar-refractivity contribution in [2.75, 3.05) is 7.11 Å². The Hall–Kier alpha value is -2.82. The summed E-state index contributed by atoms with van der Waals surface area (Å²) in [5, 5.41) is 3.03. The van der Waals surface area contributed by atoms with Crippen molar-refractivity contribution in [2.24, 2.45) is 0 Å². The molecule has 2 heterocycles. The maximum absolute atomic E-state index is 12.3. The Bertz CT molecular complexity index is 914. The maximum atomic E-state index is 12.3. The molecule has 0 fully saturated rings. The van der Waals surface area contributed by atoms with Crippen molar-refractivity contribution in [3.63, 3.8) is 0 Å². The number of nitrogens with one attached hydrogen (secondary N) is 1. The third-order valence-corrected chi connectivity index (χ3v) is 4.37. The molecule has 0 saturated carbocycles. The quantitative estimate of drug-likeness (QED) is 0.808. The van der Waals surface area contributed by atoms with Crippen LogP contribution in [0.2, 0.25) is 0 Å². The number of imidazole rings is 1. The summed E-state index contributed by atoms with van der Waals surface area (Å²) in [4.78, 5) is 17.0. The second kappa shape index (κ2) is 5.12. The zero-order valence-electron chi connectivity index (χ0n) is 13.0. The fourth-order valence-corrected chi connectivity index (χ4v) is 3.16. The van der Waals surface area contributed by atoms with Gasteiger partial charge in [-0.05, 0) is 42.3 Å². The summed E-state index contributed by atoms with van der Waals surface area (Å²) in [5.41, 5.74) is 4.03. The van der Waals surface area contributed by atoms with Gasteiger partial charge < -0.3 is 10.1 Å². The van der Waals surface area contributed by atoms with Gasteiger partial charge in [0.2, 0.25) is 0 Å². The van der Waals surface area contributed by atoms with E-state index >= 15 is 0 Å². The average molecular weight is 307 g/mol. The molecule has 1 atom stereocenters. The summed E-state index contributed by atoms with van der Waals surface area (Å²) in [7, 11) is 1.66. The number of amides is 1. The summed E-state index contributed by atoms with van der Waals surface area (Å²) in [6, 6.07) is 13.5. The Morgan fingerprint density at radius 3 is 2.87 bits per heavy atom. The van der Waals surface area contributed by atoms with Gasteiger partial charge in [0.1, 0.15) is 11.6 Å². The molecule has 1 N–H and O–H groups in total. The van der Waals surface area contributed by atoms with E-state index in [4.69, 9.17) is 4.74 Å². The summed E-state index contributed by atoms with van der Waals surface area (Å²) < 4.78 is 6.93. The Morgan fingerprint density at radius 1 is 1.26 bits per heavy atom. The molecule has 0 aliphatic carbocycles. The van der Waals surface area contributed by atoms with Crippen LogP contribution in [0.15, 0.2) is 42.5 Å². The van der Waals surface area contributed by atoms with E-state index in [2.05, 4.69) is 17.2 Å². The number of hydrogen-bond donors (Lipinski definition) is 1. The Balaban J connectivity index is 1.72. The maximum Gasteiger partial charge on any atom is 0.328 e. The number of carbonyl (C=O) groups excluding carboxylic acids is 1. The molecular weight excluding hydrogens is 290 g/mol. The molecule has 1 unspecified atom stereocenters. The van der Waals surface area contributed by atoms with Crippen LogP contribution in [0.5, 0.6) is 5.75 Å². The number of para-hydroxylation sites is 2. The lowest BCUT2D eigenvalue weighted by molar-refractivity contribution is 0.245. The van der Waals surface area contributed by atoms with E-state index in [1.54, 1.807) is 11.7 Å². The smallest absolute Gasteiger partial charge is 0.328 e. The lowest BCUT2D eigenvalue weighted by Gasteiger charge is -2.12. The fraction of sp³-hybridized carbons (Fsp3) is 0.222. The van der Waals surface area contributed by atoms with Gasteiger partial charge in [0.25, 0.3) is 0 Å². The van der Waals surface area contributed by atoms with Crippen molar-refractivity contribution in [1.29, 1.82) is 0 Å². The van der Waals surface area contributed by atoms with Gasteiger partial charge in [-0.2, -0.15) is 0 Å². The first-order valence-corrected chi connectivity index (χ1v) is 7.59. The number of nitrogens with zero attached hydrogens (tertiary/aromatic N) is 2. The molecule has 23 heavy (non-hydrogen) atoms. The largest absolute Gasteiger partial charge is 0.497 e. The van der Waals surface area contributed by atoms with Crippen LogP contribution in [-0.2, 0) is 6.42 Å². The van der Waals surface area contributed by atoms with Gasteiger partial charge in [-0.3, -0.25) is 0 Å². The molecule has 2 aromatic carbocycles. The van der Waals surface area contributed by atoms with E-state index < -0.39 is 0 Å². The van der Waals surface area contributed by atoms with E-state index in [9.17, 15) is 4.79 Å². The highest BCUT2D eigenvalue weighted by molar-refractivity contribution is 5.92. The molecule has 1 aromatic heterocycles. The van der Waals surface area contributed by atoms with E-state index in [0.717, 1.165) is 28.2 Å². The van der Waals surface area contributed by atoms with Crippen LogP contribution in [0.1, 0.15) is 23.0 Å². The lowest BCUT2D eigenvalue weighted by atomic mass is 10.0. The Kier molecular flexibility index (Phi) is 3.08. The topological polar surface area (TPSA) is 56.1 Å². The van der Waals surface area contributed by atoms with Crippen LogP contribution in [0.4, 0.5) is 4.79 Å². The molecule has 0 radical (unpaired) electrons. The van der Waals surface area contributed by atoms with Crippen LogP contribution < -0.4 is 10.1 Å². The highest BCUT2D eigenvalue weighted by Gasteiger charge is 2.32. The highest BCUT2D eigenvalue weighted by atomic mass is 16.5. The molecule has 5 heteroatoms. The van der Waals surface area contributed by atoms with E-state index in [0.29, 0.717) is 6.42 Å². The Labute approximate surface area is 133 Å². The third kappa shape index (κ3) is 2.16. The van der Waals surface area contributed by atoms with E-state index in [1.165, 1.54) is 5.56 Å². The number of aryl methyl sites for hydroxylation is 1. The molecule has 0 saturated heterocycles. The molecule has 3 aromatic rings. The minimum atomic E-state index is -0.109. The van der Waals surface area contributed by atoms with Gasteiger partial charge in [-0.15, -0.1) is 0 Å². The molecule has 4 rings (SSSR count). The zero-order chi connectivity index (χ0) is 16.0. The SMILES string of the molecule is COc1ccc(CC2NC(=O)n3c2nc2ccccc23)c(C)c1.